The number of nitrogens with zero attached hydrogens (tertiary/aromatic N) is 6. The minimum atomic E-state index is -0.806. The summed E-state index contributed by atoms with van der Waals surface area (Å²) in [4.78, 5) is 4.09. The van der Waals surface area contributed by atoms with Gasteiger partial charge >= 0.3 is 0 Å². The zero-order valence-corrected chi connectivity index (χ0v) is 21.8. The van der Waals surface area contributed by atoms with E-state index in [0.717, 1.165) is 49.1 Å². The average molecular weight is 525 g/mol. The van der Waals surface area contributed by atoms with E-state index >= 15 is 0 Å². The molecule has 1 aliphatic heterocycles. The van der Waals surface area contributed by atoms with Crippen LogP contribution in [0.2, 0.25) is 0 Å². The highest BCUT2D eigenvalue weighted by Gasteiger charge is 2.24. The molecule has 194 valence electrons. The Balaban J connectivity index is 1.52. The molecule has 1 N–H and O–H groups in total. The van der Waals surface area contributed by atoms with Gasteiger partial charge in [0.15, 0.2) is 23.1 Å². The molecule has 5 heterocycles. The van der Waals surface area contributed by atoms with Gasteiger partial charge in [0, 0.05) is 37.0 Å². The van der Waals surface area contributed by atoms with Gasteiger partial charge in [-0.15, -0.1) is 0 Å². The molecule has 0 bridgehead atoms. The summed E-state index contributed by atoms with van der Waals surface area (Å²) in [6.45, 7) is 6.41. The highest BCUT2D eigenvalue weighted by atomic mass is 32.2. The van der Waals surface area contributed by atoms with Gasteiger partial charge in [-0.3, -0.25) is 9.67 Å². The number of aliphatic hydroxyl groups is 1. The maximum atomic E-state index is 13.4. The van der Waals surface area contributed by atoms with E-state index < -0.39 is 11.9 Å². The van der Waals surface area contributed by atoms with Crippen LogP contribution in [-0.4, -0.2) is 60.6 Å². The van der Waals surface area contributed by atoms with E-state index in [1.807, 2.05) is 25.3 Å². The van der Waals surface area contributed by atoms with E-state index in [4.69, 9.17) is 14.6 Å². The number of fused-ring (bicyclic) bond motifs is 2. The third-order valence-corrected chi connectivity index (χ3v) is 7.43. The van der Waals surface area contributed by atoms with Gasteiger partial charge in [-0.1, -0.05) is 18.0 Å². The van der Waals surface area contributed by atoms with E-state index in [1.54, 1.807) is 29.8 Å². The SMILES string of the molecule is C/C=C/SN1CCc2c(C)c(-c3cc(OC(CO)c4ccc(F)cn4)c4c(OC)cnn4c3)nn2CC1. The Bertz CT molecular complexity index is 1420. The molecule has 0 amide bonds. The summed E-state index contributed by atoms with van der Waals surface area (Å²) in [6.07, 6.45) is 6.76. The largest absolute Gasteiger partial charge is 0.493 e. The van der Waals surface area contributed by atoms with E-state index in [2.05, 4.69) is 31.4 Å². The number of ether oxygens (including phenoxy) is 2. The lowest BCUT2D eigenvalue weighted by molar-refractivity contribution is 0.114. The summed E-state index contributed by atoms with van der Waals surface area (Å²) in [7, 11) is 1.56. The second-order valence-electron chi connectivity index (χ2n) is 8.69. The smallest absolute Gasteiger partial charge is 0.168 e. The average Bonchev–Trinajstić information content (AvgIpc) is 3.40. The topological polar surface area (TPSA) is 89.9 Å². The summed E-state index contributed by atoms with van der Waals surface area (Å²) < 4.78 is 31.3. The Morgan fingerprint density at radius 1 is 1.22 bits per heavy atom. The molecule has 1 unspecified atom stereocenters. The first kappa shape index (κ1) is 25.2. The Morgan fingerprint density at radius 3 is 2.81 bits per heavy atom. The molecule has 4 aromatic heterocycles. The van der Waals surface area contributed by atoms with Gasteiger partial charge in [0.2, 0.25) is 0 Å². The van der Waals surface area contributed by atoms with Crippen LogP contribution < -0.4 is 9.47 Å². The molecule has 0 aliphatic carbocycles. The van der Waals surface area contributed by atoms with Crippen molar-refractivity contribution in [3.05, 3.63) is 71.0 Å². The predicted molar refractivity (Wildman–Crippen MR) is 140 cm³/mol. The van der Waals surface area contributed by atoms with Crippen molar-refractivity contribution in [2.24, 2.45) is 0 Å². The molecule has 1 atom stereocenters. The Labute approximate surface area is 218 Å². The molecule has 9 nitrogen and oxygen atoms in total. The van der Waals surface area contributed by atoms with Crippen LogP contribution in [0.5, 0.6) is 11.5 Å². The number of pyridine rings is 2. The number of hydrogen-bond acceptors (Lipinski definition) is 8. The highest BCUT2D eigenvalue weighted by molar-refractivity contribution is 7.99. The standard InChI is InChI=1S/C26H29FN6O3S/c1-4-11-37-31-8-7-21-17(2)25(30-32(21)10-9-31)18-12-22(26-23(35-3)14-29-33(26)15-18)36-24(16-34)20-6-5-19(27)13-28-20/h4-6,11-15,24,34H,7-10,16H2,1-3H3/b11-4+. The molecule has 1 aliphatic rings. The summed E-state index contributed by atoms with van der Waals surface area (Å²) in [5.74, 6) is 0.524. The van der Waals surface area contributed by atoms with E-state index in [0.29, 0.717) is 22.7 Å². The number of aromatic nitrogens is 5. The van der Waals surface area contributed by atoms with Crippen molar-refractivity contribution in [3.8, 4) is 22.8 Å². The molecule has 0 radical (unpaired) electrons. The lowest BCUT2D eigenvalue weighted by atomic mass is 10.1. The predicted octanol–water partition coefficient (Wildman–Crippen LogP) is 4.20. The third-order valence-electron chi connectivity index (χ3n) is 6.38. The molecule has 0 spiro atoms. The van der Waals surface area contributed by atoms with Crippen LogP contribution in [-0.2, 0) is 13.0 Å². The number of allylic oxidation sites excluding steroid dienone is 1. The number of hydrogen-bond donors (Lipinski definition) is 1. The fourth-order valence-electron chi connectivity index (χ4n) is 4.51. The van der Waals surface area contributed by atoms with Crippen molar-refractivity contribution >= 4 is 17.5 Å². The van der Waals surface area contributed by atoms with Crippen molar-refractivity contribution in [1.29, 1.82) is 0 Å². The van der Waals surface area contributed by atoms with E-state index in [-0.39, 0.29) is 6.61 Å². The number of halogens is 1. The maximum Gasteiger partial charge on any atom is 0.168 e. The van der Waals surface area contributed by atoms with Gasteiger partial charge in [-0.25, -0.2) is 13.2 Å². The molecule has 4 aromatic rings. The molecular formula is C26H29FN6O3S. The number of methoxy groups -OCH3 is 1. The van der Waals surface area contributed by atoms with Crippen LogP contribution in [0.3, 0.4) is 0 Å². The van der Waals surface area contributed by atoms with Crippen molar-refractivity contribution in [2.45, 2.75) is 32.9 Å². The van der Waals surface area contributed by atoms with Gasteiger partial charge in [0.1, 0.15) is 5.82 Å². The summed E-state index contributed by atoms with van der Waals surface area (Å²) in [5.41, 5.74) is 5.03. The number of aliphatic hydroxyl groups excluding tert-OH is 1. The van der Waals surface area contributed by atoms with Crippen molar-refractivity contribution in [3.63, 3.8) is 0 Å². The lowest BCUT2D eigenvalue weighted by Crippen LogP contribution is -2.19. The van der Waals surface area contributed by atoms with Crippen LogP contribution in [0.15, 0.2) is 48.3 Å². The Kier molecular flexibility index (Phi) is 7.45. The zero-order valence-electron chi connectivity index (χ0n) is 21.0. The van der Waals surface area contributed by atoms with E-state index in [1.165, 1.54) is 17.8 Å². The van der Waals surface area contributed by atoms with Gasteiger partial charge in [0.25, 0.3) is 0 Å². The first-order valence-corrected chi connectivity index (χ1v) is 12.9. The molecule has 0 saturated heterocycles. The quantitative estimate of drug-likeness (QED) is 0.343. The van der Waals surface area contributed by atoms with E-state index in [9.17, 15) is 9.50 Å². The second kappa shape index (κ2) is 10.9. The first-order chi connectivity index (χ1) is 18.0. The fraction of sp³-hybridized carbons (Fsp3) is 0.346. The first-order valence-electron chi connectivity index (χ1n) is 12.1. The monoisotopic (exact) mass is 524 g/mol. The zero-order chi connectivity index (χ0) is 25.9. The van der Waals surface area contributed by atoms with Crippen molar-refractivity contribution < 1.29 is 19.0 Å². The summed E-state index contributed by atoms with van der Waals surface area (Å²) >= 11 is 1.73. The van der Waals surface area contributed by atoms with Crippen LogP contribution in [0.1, 0.15) is 30.0 Å². The molecule has 0 aromatic carbocycles. The van der Waals surface area contributed by atoms with Gasteiger partial charge in [0.05, 0.1) is 44.0 Å². The minimum absolute atomic E-state index is 0.342. The van der Waals surface area contributed by atoms with Crippen molar-refractivity contribution in [2.75, 3.05) is 26.8 Å². The van der Waals surface area contributed by atoms with Crippen LogP contribution in [0.4, 0.5) is 4.39 Å². The number of rotatable bonds is 8. The summed E-state index contributed by atoms with van der Waals surface area (Å²) in [6, 6.07) is 4.67. The third kappa shape index (κ3) is 5.07. The van der Waals surface area contributed by atoms with Crippen LogP contribution in [0, 0.1) is 12.7 Å². The van der Waals surface area contributed by atoms with Crippen LogP contribution in [0.25, 0.3) is 16.8 Å². The molecule has 11 heteroatoms. The van der Waals surface area contributed by atoms with Crippen molar-refractivity contribution in [1.82, 2.24) is 28.7 Å². The normalized spacial score (nSPS) is 15.2. The minimum Gasteiger partial charge on any atom is -0.493 e. The second-order valence-corrected chi connectivity index (χ2v) is 9.69. The molecule has 0 fully saturated rings. The maximum absolute atomic E-state index is 13.4. The lowest BCUT2D eigenvalue weighted by Gasteiger charge is -2.18. The summed E-state index contributed by atoms with van der Waals surface area (Å²) in [5, 5.41) is 21.6. The Morgan fingerprint density at radius 2 is 2.08 bits per heavy atom. The van der Waals surface area contributed by atoms with Gasteiger partial charge < -0.3 is 14.6 Å². The molecule has 37 heavy (non-hydrogen) atoms. The van der Waals surface area contributed by atoms with Gasteiger partial charge in [-0.2, -0.15) is 10.2 Å². The molecule has 0 saturated carbocycles. The fourth-order valence-corrected chi connectivity index (χ4v) is 5.19. The van der Waals surface area contributed by atoms with Gasteiger partial charge in [-0.05, 0) is 43.0 Å². The highest BCUT2D eigenvalue weighted by Crippen LogP contribution is 2.37. The Hall–Kier alpha value is -3.41. The van der Waals surface area contributed by atoms with Crippen LogP contribution >= 0.6 is 11.9 Å². The molecule has 5 rings (SSSR count). The molecular weight excluding hydrogens is 495 g/mol.